The fourth-order valence-electron chi connectivity index (χ4n) is 2.76. The van der Waals surface area contributed by atoms with Crippen LogP contribution in [0.4, 0.5) is 0 Å². The van der Waals surface area contributed by atoms with Crippen molar-refractivity contribution >= 4 is 17.7 Å². The summed E-state index contributed by atoms with van der Waals surface area (Å²) in [5.74, 6) is 0.775. The average molecular weight is 293 g/mol. The zero-order valence-corrected chi connectivity index (χ0v) is 13.5. The van der Waals surface area contributed by atoms with Gasteiger partial charge < -0.3 is 9.80 Å². The maximum Gasteiger partial charge on any atom is 0.233 e. The molecule has 2 rings (SSSR count). The van der Waals surface area contributed by atoms with Gasteiger partial charge in [0, 0.05) is 19.3 Å². The lowest BCUT2D eigenvalue weighted by molar-refractivity contribution is -0.129. The van der Waals surface area contributed by atoms with Crippen molar-refractivity contribution in [2.24, 2.45) is 5.41 Å². The van der Waals surface area contributed by atoms with Crippen LogP contribution in [0.2, 0.25) is 0 Å². The van der Waals surface area contributed by atoms with E-state index in [1.807, 2.05) is 23.1 Å². The SMILES string of the molecule is CN(C)CC(C)(C)CN1C(=O)CSC1c1ccccn1. The molecule has 0 spiro atoms. The monoisotopic (exact) mass is 293 g/mol. The lowest BCUT2D eigenvalue weighted by atomic mass is 9.92. The van der Waals surface area contributed by atoms with Gasteiger partial charge in [-0.15, -0.1) is 11.8 Å². The van der Waals surface area contributed by atoms with Gasteiger partial charge in [0.1, 0.15) is 5.37 Å². The van der Waals surface area contributed by atoms with Crippen LogP contribution in [0.1, 0.15) is 24.9 Å². The van der Waals surface area contributed by atoms with Crippen LogP contribution in [0.5, 0.6) is 0 Å². The van der Waals surface area contributed by atoms with Gasteiger partial charge in [-0.1, -0.05) is 19.9 Å². The topological polar surface area (TPSA) is 36.4 Å². The molecular formula is C15H23N3OS. The smallest absolute Gasteiger partial charge is 0.233 e. The molecule has 0 bridgehead atoms. The van der Waals surface area contributed by atoms with Gasteiger partial charge in [0.2, 0.25) is 5.91 Å². The highest BCUT2D eigenvalue weighted by Crippen LogP contribution is 2.39. The third kappa shape index (κ3) is 3.73. The summed E-state index contributed by atoms with van der Waals surface area (Å²) in [7, 11) is 4.14. The molecule has 110 valence electrons. The Morgan fingerprint density at radius 3 is 2.80 bits per heavy atom. The van der Waals surface area contributed by atoms with Crippen molar-refractivity contribution in [1.29, 1.82) is 0 Å². The van der Waals surface area contributed by atoms with Crippen molar-refractivity contribution in [1.82, 2.24) is 14.8 Å². The summed E-state index contributed by atoms with van der Waals surface area (Å²) in [6.45, 7) is 6.13. The molecule has 0 radical (unpaired) electrons. The Balaban J connectivity index is 2.13. The zero-order chi connectivity index (χ0) is 14.8. The van der Waals surface area contributed by atoms with Gasteiger partial charge in [-0.3, -0.25) is 9.78 Å². The van der Waals surface area contributed by atoms with Gasteiger partial charge in [0.15, 0.2) is 0 Å². The fourth-order valence-corrected chi connectivity index (χ4v) is 3.91. The molecule has 1 saturated heterocycles. The van der Waals surface area contributed by atoms with Crippen molar-refractivity contribution in [2.75, 3.05) is 32.9 Å². The molecule has 0 saturated carbocycles. The molecule has 0 aromatic carbocycles. The molecule has 1 aromatic rings. The number of rotatable bonds is 5. The second-order valence-electron chi connectivity index (χ2n) is 6.34. The molecule has 1 atom stereocenters. The van der Waals surface area contributed by atoms with Crippen molar-refractivity contribution in [3.05, 3.63) is 30.1 Å². The van der Waals surface area contributed by atoms with Crippen LogP contribution in [0.3, 0.4) is 0 Å². The Kier molecular flexibility index (Phi) is 4.70. The van der Waals surface area contributed by atoms with E-state index >= 15 is 0 Å². The molecule has 20 heavy (non-hydrogen) atoms. The highest BCUT2D eigenvalue weighted by molar-refractivity contribution is 8.00. The van der Waals surface area contributed by atoms with Crippen LogP contribution in [0.25, 0.3) is 0 Å². The summed E-state index contributed by atoms with van der Waals surface area (Å²) in [5, 5.41) is 0.0603. The third-order valence-corrected chi connectivity index (χ3v) is 4.48. The van der Waals surface area contributed by atoms with Crippen molar-refractivity contribution in [2.45, 2.75) is 19.2 Å². The van der Waals surface area contributed by atoms with Crippen LogP contribution in [0, 0.1) is 5.41 Å². The van der Waals surface area contributed by atoms with Gasteiger partial charge >= 0.3 is 0 Å². The molecule has 1 aliphatic rings. The molecular weight excluding hydrogens is 270 g/mol. The number of hydrogen-bond donors (Lipinski definition) is 0. The number of aromatic nitrogens is 1. The van der Waals surface area contributed by atoms with Crippen LogP contribution < -0.4 is 0 Å². The Morgan fingerprint density at radius 1 is 1.45 bits per heavy atom. The predicted molar refractivity (Wildman–Crippen MR) is 83.5 cm³/mol. The third-order valence-electron chi connectivity index (χ3n) is 3.25. The Hall–Kier alpha value is -1.07. The number of carbonyl (C=O) groups excluding carboxylic acids is 1. The molecule has 1 unspecified atom stereocenters. The van der Waals surface area contributed by atoms with Crippen LogP contribution >= 0.6 is 11.8 Å². The molecule has 1 aliphatic heterocycles. The minimum atomic E-state index is 0.0603. The molecule has 1 aromatic heterocycles. The van der Waals surface area contributed by atoms with Gasteiger partial charge in [-0.25, -0.2) is 0 Å². The van der Waals surface area contributed by atoms with Gasteiger partial charge in [0.05, 0.1) is 11.4 Å². The van der Waals surface area contributed by atoms with Crippen LogP contribution in [-0.4, -0.2) is 53.6 Å². The minimum absolute atomic E-state index is 0.0603. The zero-order valence-electron chi connectivity index (χ0n) is 12.7. The summed E-state index contributed by atoms with van der Waals surface area (Å²) in [4.78, 5) is 20.7. The van der Waals surface area contributed by atoms with Crippen LogP contribution in [0.15, 0.2) is 24.4 Å². The number of amides is 1. The Bertz CT molecular complexity index is 461. The summed E-state index contributed by atoms with van der Waals surface area (Å²) in [6.07, 6.45) is 1.79. The number of nitrogens with zero attached hydrogens (tertiary/aromatic N) is 3. The van der Waals surface area contributed by atoms with Gasteiger partial charge in [0.25, 0.3) is 0 Å². The maximum atomic E-state index is 12.2. The molecule has 1 amide bonds. The van der Waals surface area contributed by atoms with Crippen molar-refractivity contribution < 1.29 is 4.79 Å². The summed E-state index contributed by atoms with van der Waals surface area (Å²) in [5.41, 5.74) is 1.04. The highest BCUT2D eigenvalue weighted by atomic mass is 32.2. The van der Waals surface area contributed by atoms with E-state index in [2.05, 4.69) is 37.8 Å². The molecule has 0 aliphatic carbocycles. The van der Waals surface area contributed by atoms with E-state index in [1.165, 1.54) is 0 Å². The fraction of sp³-hybridized carbons (Fsp3) is 0.600. The number of thioether (sulfide) groups is 1. The molecule has 5 heteroatoms. The first-order valence-electron chi connectivity index (χ1n) is 6.86. The molecule has 2 heterocycles. The van der Waals surface area contributed by atoms with Crippen LogP contribution in [-0.2, 0) is 4.79 Å². The second-order valence-corrected chi connectivity index (χ2v) is 7.41. The van der Waals surface area contributed by atoms with E-state index in [9.17, 15) is 4.79 Å². The van der Waals surface area contributed by atoms with E-state index in [0.29, 0.717) is 5.75 Å². The molecule has 1 fully saturated rings. The van der Waals surface area contributed by atoms with E-state index < -0.39 is 0 Å². The van der Waals surface area contributed by atoms with Crippen molar-refractivity contribution in [3.63, 3.8) is 0 Å². The number of hydrogen-bond acceptors (Lipinski definition) is 4. The number of carbonyl (C=O) groups is 1. The van der Waals surface area contributed by atoms with Gasteiger partial charge in [-0.2, -0.15) is 0 Å². The normalized spacial score (nSPS) is 19.9. The maximum absolute atomic E-state index is 12.2. The Labute approximate surface area is 125 Å². The van der Waals surface area contributed by atoms with Crippen molar-refractivity contribution in [3.8, 4) is 0 Å². The summed E-state index contributed by atoms with van der Waals surface area (Å²) >= 11 is 1.67. The quantitative estimate of drug-likeness (QED) is 0.834. The first kappa shape index (κ1) is 15.3. The standard InChI is InChI=1S/C15H23N3OS/c1-15(2,10-17(3)4)11-18-13(19)9-20-14(18)12-7-5-6-8-16-12/h5-8,14H,9-11H2,1-4H3. The Morgan fingerprint density at radius 2 is 2.20 bits per heavy atom. The molecule has 4 nitrogen and oxygen atoms in total. The van der Waals surface area contributed by atoms with E-state index in [0.717, 1.165) is 18.8 Å². The average Bonchev–Trinajstić information content (AvgIpc) is 2.70. The second kappa shape index (κ2) is 6.14. The number of pyridine rings is 1. The lowest BCUT2D eigenvalue weighted by Gasteiger charge is -2.35. The largest absolute Gasteiger partial charge is 0.324 e. The van der Waals surface area contributed by atoms with E-state index in [4.69, 9.17) is 0 Å². The molecule has 0 N–H and O–H groups in total. The predicted octanol–water partition coefficient (Wildman–Crippen LogP) is 2.24. The van der Waals surface area contributed by atoms with E-state index in [-0.39, 0.29) is 16.7 Å². The summed E-state index contributed by atoms with van der Waals surface area (Å²) < 4.78 is 0. The minimum Gasteiger partial charge on any atom is -0.324 e. The first-order valence-corrected chi connectivity index (χ1v) is 7.91. The summed E-state index contributed by atoms with van der Waals surface area (Å²) in [6, 6.07) is 5.89. The first-order chi connectivity index (χ1) is 9.39. The lowest BCUT2D eigenvalue weighted by Crippen LogP contribution is -2.42. The van der Waals surface area contributed by atoms with E-state index in [1.54, 1.807) is 18.0 Å². The highest BCUT2D eigenvalue weighted by Gasteiger charge is 2.37. The van der Waals surface area contributed by atoms with Gasteiger partial charge in [-0.05, 0) is 31.6 Å².